The molecule has 0 aliphatic heterocycles. The molecule has 0 unspecified atom stereocenters. The first-order chi connectivity index (χ1) is 9.31. The van der Waals surface area contributed by atoms with Gasteiger partial charge in [0.25, 0.3) is 0 Å². The molecule has 0 saturated heterocycles. The Hall–Kier alpha value is -1.54. The quantitative estimate of drug-likeness (QED) is 0.779. The van der Waals surface area contributed by atoms with Crippen LogP contribution in [0.2, 0.25) is 0 Å². The number of benzene rings is 2. The lowest BCUT2D eigenvalue weighted by molar-refractivity contribution is 0.306. The second-order valence-corrected chi connectivity index (χ2v) is 5.74. The Kier molecular flexibility index (Phi) is 3.69. The Labute approximate surface area is 122 Å². The van der Waals surface area contributed by atoms with E-state index < -0.39 is 0 Å². The fourth-order valence-corrected chi connectivity index (χ4v) is 2.71. The molecule has 2 heteroatoms. The molecule has 96 valence electrons. The highest BCUT2D eigenvalue weighted by Gasteiger charge is 2.09. The van der Waals surface area contributed by atoms with Gasteiger partial charge in [0.05, 0.1) is 0 Å². The summed E-state index contributed by atoms with van der Waals surface area (Å²) in [7, 11) is 0. The first-order valence-electron chi connectivity index (χ1n) is 6.47. The summed E-state index contributed by atoms with van der Waals surface area (Å²) in [6.07, 6.45) is 4.35. The third-order valence-electron chi connectivity index (χ3n) is 3.31. The molecule has 1 aliphatic carbocycles. The van der Waals surface area contributed by atoms with Crippen LogP contribution >= 0.6 is 15.9 Å². The summed E-state index contributed by atoms with van der Waals surface area (Å²) in [4.78, 5) is 0. The van der Waals surface area contributed by atoms with E-state index in [4.69, 9.17) is 4.74 Å². The molecule has 0 fully saturated rings. The van der Waals surface area contributed by atoms with Crippen molar-refractivity contribution in [3.8, 4) is 5.75 Å². The van der Waals surface area contributed by atoms with Gasteiger partial charge in [-0.1, -0.05) is 52.3 Å². The van der Waals surface area contributed by atoms with Gasteiger partial charge in [0.1, 0.15) is 12.4 Å². The molecule has 0 amide bonds. The predicted molar refractivity (Wildman–Crippen MR) is 82.4 cm³/mol. The van der Waals surface area contributed by atoms with E-state index in [-0.39, 0.29) is 0 Å². The van der Waals surface area contributed by atoms with Crippen molar-refractivity contribution in [1.82, 2.24) is 0 Å². The van der Waals surface area contributed by atoms with Gasteiger partial charge < -0.3 is 4.74 Å². The molecule has 0 atom stereocenters. The van der Waals surface area contributed by atoms with Crippen LogP contribution in [0.5, 0.6) is 5.75 Å². The molecule has 0 heterocycles. The smallest absolute Gasteiger partial charge is 0.120 e. The van der Waals surface area contributed by atoms with Gasteiger partial charge in [-0.05, 0) is 52.2 Å². The Morgan fingerprint density at radius 2 is 1.84 bits per heavy atom. The zero-order chi connectivity index (χ0) is 13.1. The highest BCUT2D eigenvalue weighted by molar-refractivity contribution is 9.11. The molecule has 2 aromatic rings. The van der Waals surface area contributed by atoms with Crippen LogP contribution in [-0.2, 0) is 13.0 Å². The second-order valence-electron chi connectivity index (χ2n) is 4.73. The van der Waals surface area contributed by atoms with E-state index >= 15 is 0 Å². The molecule has 0 radical (unpaired) electrons. The molecule has 0 bridgehead atoms. The number of rotatable bonds is 3. The minimum absolute atomic E-state index is 0.624. The van der Waals surface area contributed by atoms with Gasteiger partial charge in [0, 0.05) is 0 Å². The Bertz CT molecular complexity index is 602. The maximum absolute atomic E-state index is 5.85. The molecule has 0 N–H and O–H groups in total. The minimum Gasteiger partial charge on any atom is -0.489 e. The molecule has 0 aromatic heterocycles. The highest BCUT2D eigenvalue weighted by atomic mass is 79.9. The van der Waals surface area contributed by atoms with E-state index in [1.807, 2.05) is 24.3 Å². The topological polar surface area (TPSA) is 9.23 Å². The summed E-state index contributed by atoms with van der Waals surface area (Å²) in [5.41, 5.74) is 3.86. The summed E-state index contributed by atoms with van der Waals surface area (Å²) in [6, 6.07) is 16.6. The van der Waals surface area contributed by atoms with Gasteiger partial charge in [0.2, 0.25) is 0 Å². The van der Waals surface area contributed by atoms with Gasteiger partial charge in [-0.2, -0.15) is 0 Å². The Balaban J connectivity index is 1.73. The van der Waals surface area contributed by atoms with Crippen LogP contribution in [0.1, 0.15) is 23.1 Å². The van der Waals surface area contributed by atoms with Crippen LogP contribution in [-0.4, -0.2) is 0 Å². The molecule has 0 saturated carbocycles. The van der Waals surface area contributed by atoms with Crippen LogP contribution in [0.4, 0.5) is 0 Å². The van der Waals surface area contributed by atoms with E-state index in [2.05, 4.69) is 46.3 Å². The molecule has 0 spiro atoms. The number of allylic oxidation sites excluding steroid dienone is 1. The predicted octanol–water partition coefficient (Wildman–Crippen LogP) is 4.95. The summed E-state index contributed by atoms with van der Waals surface area (Å²) in [5.74, 6) is 0.953. The third-order valence-corrected chi connectivity index (χ3v) is 3.93. The first-order valence-corrected chi connectivity index (χ1v) is 7.26. The van der Waals surface area contributed by atoms with Gasteiger partial charge in [-0.3, -0.25) is 0 Å². The first kappa shape index (κ1) is 12.5. The van der Waals surface area contributed by atoms with Crippen molar-refractivity contribution in [3.63, 3.8) is 0 Å². The number of ether oxygens (including phenoxy) is 1. The van der Waals surface area contributed by atoms with E-state index in [1.54, 1.807) is 0 Å². The standard InChI is InChI=1S/C17H15BrO/c18-16-8-6-15-11-17(9-7-14(15)10-16)19-12-13-4-2-1-3-5-13/h1-5,7,9-11H,6,8,12H2. The van der Waals surface area contributed by atoms with Crippen molar-refractivity contribution < 1.29 is 4.74 Å². The maximum Gasteiger partial charge on any atom is 0.120 e. The van der Waals surface area contributed by atoms with Crippen molar-refractivity contribution in [1.29, 1.82) is 0 Å². The number of aryl methyl sites for hydroxylation is 1. The average molecular weight is 315 g/mol. The van der Waals surface area contributed by atoms with Gasteiger partial charge in [-0.25, -0.2) is 0 Å². The maximum atomic E-state index is 5.85. The van der Waals surface area contributed by atoms with Gasteiger partial charge >= 0.3 is 0 Å². The van der Waals surface area contributed by atoms with Crippen molar-refractivity contribution in [3.05, 3.63) is 69.7 Å². The van der Waals surface area contributed by atoms with Gasteiger partial charge in [0.15, 0.2) is 0 Å². The van der Waals surface area contributed by atoms with Gasteiger partial charge in [-0.15, -0.1) is 0 Å². The summed E-state index contributed by atoms with van der Waals surface area (Å²) >= 11 is 3.57. The number of halogens is 1. The highest BCUT2D eigenvalue weighted by Crippen LogP contribution is 2.29. The Morgan fingerprint density at radius 1 is 1.00 bits per heavy atom. The lowest BCUT2D eigenvalue weighted by Crippen LogP contribution is -1.99. The fraction of sp³-hybridized carbons (Fsp3) is 0.176. The summed E-state index contributed by atoms with van der Waals surface area (Å²) < 4.78 is 7.13. The molecule has 3 rings (SSSR count). The zero-order valence-corrected chi connectivity index (χ0v) is 12.2. The zero-order valence-electron chi connectivity index (χ0n) is 10.6. The Morgan fingerprint density at radius 3 is 2.68 bits per heavy atom. The molecule has 2 aromatic carbocycles. The van der Waals surface area contributed by atoms with E-state index in [0.717, 1.165) is 18.6 Å². The lowest BCUT2D eigenvalue weighted by Gasteiger charge is -2.15. The van der Waals surface area contributed by atoms with E-state index in [9.17, 15) is 0 Å². The monoisotopic (exact) mass is 314 g/mol. The molecule has 1 aliphatic rings. The fourth-order valence-electron chi connectivity index (χ4n) is 2.27. The second kappa shape index (κ2) is 5.62. The molecular formula is C17H15BrO. The van der Waals surface area contributed by atoms with Crippen molar-refractivity contribution in [2.24, 2.45) is 0 Å². The van der Waals surface area contributed by atoms with Crippen LogP contribution in [0.15, 0.2) is 53.0 Å². The van der Waals surface area contributed by atoms with E-state index in [1.165, 1.54) is 21.2 Å². The normalized spacial score (nSPS) is 13.6. The third kappa shape index (κ3) is 3.07. The number of hydrogen-bond donors (Lipinski definition) is 0. The molecule has 19 heavy (non-hydrogen) atoms. The van der Waals surface area contributed by atoms with Crippen molar-refractivity contribution >= 4 is 22.0 Å². The van der Waals surface area contributed by atoms with Crippen LogP contribution in [0, 0.1) is 0 Å². The number of hydrogen-bond acceptors (Lipinski definition) is 1. The number of fused-ring (bicyclic) bond motifs is 1. The van der Waals surface area contributed by atoms with Crippen LogP contribution < -0.4 is 4.74 Å². The lowest BCUT2D eigenvalue weighted by atomic mass is 9.97. The van der Waals surface area contributed by atoms with Crippen LogP contribution in [0.25, 0.3) is 6.08 Å². The molecule has 1 nitrogen and oxygen atoms in total. The minimum atomic E-state index is 0.624. The largest absolute Gasteiger partial charge is 0.489 e. The molecular weight excluding hydrogens is 300 g/mol. The van der Waals surface area contributed by atoms with E-state index in [0.29, 0.717) is 6.61 Å². The van der Waals surface area contributed by atoms with Crippen LogP contribution in [0.3, 0.4) is 0 Å². The van der Waals surface area contributed by atoms with Crippen molar-refractivity contribution in [2.45, 2.75) is 19.4 Å². The van der Waals surface area contributed by atoms with Crippen molar-refractivity contribution in [2.75, 3.05) is 0 Å². The summed E-state index contributed by atoms with van der Waals surface area (Å²) in [5, 5.41) is 0. The SMILES string of the molecule is BrC1=Cc2ccc(OCc3ccccc3)cc2CC1. The average Bonchev–Trinajstić information content (AvgIpc) is 2.46. The summed E-state index contributed by atoms with van der Waals surface area (Å²) in [6.45, 7) is 0.624.